The minimum atomic E-state index is -3.67. The Morgan fingerprint density at radius 3 is 1.86 bits per heavy atom. The Hall–Kier alpha value is -3.12. The third-order valence-corrected chi connectivity index (χ3v) is 6.05. The fourth-order valence-electron chi connectivity index (χ4n) is 2.84. The molecule has 150 valence electrons. The van der Waals surface area contributed by atoms with Crippen molar-refractivity contribution in [2.75, 3.05) is 4.72 Å². The van der Waals surface area contributed by atoms with E-state index >= 15 is 0 Å². The van der Waals surface area contributed by atoms with Crippen LogP contribution in [0.4, 0.5) is 5.69 Å². The van der Waals surface area contributed by atoms with Crippen molar-refractivity contribution in [1.82, 2.24) is 5.32 Å². The Balaban J connectivity index is 1.67. The van der Waals surface area contributed by atoms with Crippen molar-refractivity contribution in [3.63, 3.8) is 0 Å². The average molecular weight is 409 g/mol. The van der Waals surface area contributed by atoms with Crippen LogP contribution < -0.4 is 10.0 Å². The molecule has 3 aromatic carbocycles. The molecule has 0 aliphatic rings. The molecule has 1 amide bonds. The van der Waals surface area contributed by atoms with Crippen LogP contribution in [0.3, 0.4) is 0 Å². The van der Waals surface area contributed by atoms with Crippen LogP contribution in [0, 0.1) is 13.8 Å². The summed E-state index contributed by atoms with van der Waals surface area (Å²) in [6, 6.07) is 20.8. The number of rotatable bonds is 6. The molecule has 0 saturated heterocycles. The molecule has 3 aromatic rings. The lowest BCUT2D eigenvalue weighted by Gasteiger charge is -2.15. The lowest BCUT2D eigenvalue weighted by atomic mass is 10.1. The van der Waals surface area contributed by atoms with Crippen LogP contribution in [0.2, 0.25) is 0 Å². The number of benzene rings is 3. The molecule has 0 aliphatic heterocycles. The molecule has 0 saturated carbocycles. The minimum absolute atomic E-state index is 0.136. The average Bonchev–Trinajstić information content (AvgIpc) is 2.69. The maximum Gasteiger partial charge on any atom is 0.261 e. The van der Waals surface area contributed by atoms with Gasteiger partial charge in [0.05, 0.1) is 10.9 Å². The zero-order valence-electron chi connectivity index (χ0n) is 16.6. The van der Waals surface area contributed by atoms with Gasteiger partial charge in [0.25, 0.3) is 15.9 Å². The van der Waals surface area contributed by atoms with Gasteiger partial charge in [0.15, 0.2) is 0 Å². The zero-order valence-corrected chi connectivity index (χ0v) is 17.5. The molecule has 0 aromatic heterocycles. The second-order valence-electron chi connectivity index (χ2n) is 7.10. The zero-order chi connectivity index (χ0) is 21.0. The van der Waals surface area contributed by atoms with Gasteiger partial charge in [0.2, 0.25) is 0 Å². The summed E-state index contributed by atoms with van der Waals surface area (Å²) in [5.41, 5.74) is 4.03. The molecule has 2 N–H and O–H groups in total. The molecule has 0 radical (unpaired) electrons. The van der Waals surface area contributed by atoms with Crippen LogP contribution in [0.15, 0.2) is 77.7 Å². The quantitative estimate of drug-likeness (QED) is 0.626. The van der Waals surface area contributed by atoms with Gasteiger partial charge in [-0.1, -0.05) is 47.5 Å². The summed E-state index contributed by atoms with van der Waals surface area (Å²) in [4.78, 5) is 12.7. The Bertz CT molecular complexity index is 1090. The van der Waals surface area contributed by atoms with E-state index < -0.39 is 10.0 Å². The van der Waals surface area contributed by atoms with Gasteiger partial charge in [0.1, 0.15) is 0 Å². The fourth-order valence-corrected chi connectivity index (χ4v) is 3.90. The predicted molar refractivity (Wildman–Crippen MR) is 115 cm³/mol. The Labute approximate surface area is 171 Å². The largest absolute Gasteiger partial charge is 0.346 e. The summed E-state index contributed by atoms with van der Waals surface area (Å²) in [5, 5.41) is 2.95. The second kappa shape index (κ2) is 8.49. The van der Waals surface area contributed by atoms with Crippen LogP contribution in [0.1, 0.15) is 40.0 Å². The molecule has 1 unspecified atom stereocenters. The summed E-state index contributed by atoms with van der Waals surface area (Å²) in [7, 11) is -3.67. The first-order valence-electron chi connectivity index (χ1n) is 9.31. The number of nitrogens with one attached hydrogen (secondary N) is 2. The van der Waals surface area contributed by atoms with Crippen molar-refractivity contribution in [1.29, 1.82) is 0 Å². The molecule has 29 heavy (non-hydrogen) atoms. The van der Waals surface area contributed by atoms with Crippen molar-refractivity contribution in [3.8, 4) is 0 Å². The first-order valence-corrected chi connectivity index (χ1v) is 10.8. The molecule has 0 bridgehead atoms. The number of hydrogen-bond donors (Lipinski definition) is 2. The number of hydrogen-bond acceptors (Lipinski definition) is 3. The summed E-state index contributed by atoms with van der Waals surface area (Å²) < 4.78 is 27.5. The first kappa shape index (κ1) is 20.6. The Kier molecular flexibility index (Phi) is 6.03. The highest BCUT2D eigenvalue weighted by Gasteiger charge is 2.15. The number of carbonyl (C=O) groups excluding carboxylic acids is 1. The maximum absolute atomic E-state index is 12.5. The third-order valence-electron chi connectivity index (χ3n) is 4.66. The molecular formula is C23H24N2O3S. The van der Waals surface area contributed by atoms with Gasteiger partial charge in [-0.2, -0.15) is 0 Å². The second-order valence-corrected chi connectivity index (χ2v) is 8.78. The molecule has 0 spiro atoms. The Morgan fingerprint density at radius 1 is 0.793 bits per heavy atom. The molecule has 6 heteroatoms. The lowest BCUT2D eigenvalue weighted by Crippen LogP contribution is -2.26. The highest BCUT2D eigenvalue weighted by atomic mass is 32.2. The Morgan fingerprint density at radius 2 is 1.31 bits per heavy atom. The van der Waals surface area contributed by atoms with Crippen molar-refractivity contribution in [3.05, 3.63) is 95.1 Å². The van der Waals surface area contributed by atoms with E-state index in [0.29, 0.717) is 11.3 Å². The van der Waals surface area contributed by atoms with Crippen LogP contribution >= 0.6 is 0 Å². The molecule has 1 atom stereocenters. The van der Waals surface area contributed by atoms with Crippen molar-refractivity contribution in [2.24, 2.45) is 0 Å². The highest BCUT2D eigenvalue weighted by Crippen LogP contribution is 2.18. The van der Waals surface area contributed by atoms with E-state index in [0.717, 1.165) is 16.7 Å². The SMILES string of the molecule is Cc1ccc(C(C)NC(=O)c2ccc(NS(=O)(=O)c3ccc(C)cc3)cc2)cc1. The topological polar surface area (TPSA) is 75.3 Å². The molecule has 5 nitrogen and oxygen atoms in total. The van der Waals surface area contributed by atoms with Gasteiger partial charge in [-0.05, 0) is 62.7 Å². The van der Waals surface area contributed by atoms with E-state index in [1.165, 1.54) is 0 Å². The number of amides is 1. The normalized spacial score (nSPS) is 12.2. The molecular weight excluding hydrogens is 384 g/mol. The van der Waals surface area contributed by atoms with E-state index in [-0.39, 0.29) is 16.8 Å². The first-order chi connectivity index (χ1) is 13.7. The van der Waals surface area contributed by atoms with E-state index in [1.54, 1.807) is 48.5 Å². The van der Waals surface area contributed by atoms with Gasteiger partial charge in [0, 0.05) is 11.3 Å². The number of sulfonamides is 1. The van der Waals surface area contributed by atoms with Crippen molar-refractivity contribution >= 4 is 21.6 Å². The summed E-state index contributed by atoms with van der Waals surface area (Å²) >= 11 is 0. The smallest absolute Gasteiger partial charge is 0.261 e. The summed E-state index contributed by atoms with van der Waals surface area (Å²) in [6.45, 7) is 5.83. The van der Waals surface area contributed by atoms with Gasteiger partial charge in [-0.3, -0.25) is 9.52 Å². The number of aryl methyl sites for hydroxylation is 2. The molecule has 0 aliphatic carbocycles. The van der Waals surface area contributed by atoms with Gasteiger partial charge in [-0.15, -0.1) is 0 Å². The van der Waals surface area contributed by atoms with Crippen LogP contribution in [-0.2, 0) is 10.0 Å². The lowest BCUT2D eigenvalue weighted by molar-refractivity contribution is 0.0940. The number of anilines is 1. The molecule has 3 rings (SSSR count). The monoisotopic (exact) mass is 408 g/mol. The summed E-state index contributed by atoms with van der Waals surface area (Å²) in [5.74, 6) is -0.217. The molecule has 0 heterocycles. The fraction of sp³-hybridized carbons (Fsp3) is 0.174. The van der Waals surface area contributed by atoms with Gasteiger partial charge < -0.3 is 5.32 Å². The highest BCUT2D eigenvalue weighted by molar-refractivity contribution is 7.92. The van der Waals surface area contributed by atoms with Crippen LogP contribution in [-0.4, -0.2) is 14.3 Å². The third kappa shape index (κ3) is 5.23. The van der Waals surface area contributed by atoms with Crippen molar-refractivity contribution in [2.45, 2.75) is 31.7 Å². The van der Waals surface area contributed by atoms with E-state index in [2.05, 4.69) is 10.0 Å². The van der Waals surface area contributed by atoms with Crippen LogP contribution in [0.5, 0.6) is 0 Å². The minimum Gasteiger partial charge on any atom is -0.346 e. The van der Waals surface area contributed by atoms with Crippen molar-refractivity contribution < 1.29 is 13.2 Å². The van der Waals surface area contributed by atoms with Gasteiger partial charge >= 0.3 is 0 Å². The van der Waals surface area contributed by atoms with Gasteiger partial charge in [-0.25, -0.2) is 8.42 Å². The van der Waals surface area contributed by atoms with E-state index in [9.17, 15) is 13.2 Å². The van der Waals surface area contributed by atoms with Crippen LogP contribution in [0.25, 0.3) is 0 Å². The number of carbonyl (C=O) groups is 1. The standard InChI is InChI=1S/C23H24N2O3S/c1-16-4-8-19(9-5-16)18(3)24-23(26)20-10-12-21(13-11-20)25-29(27,28)22-14-6-17(2)7-15-22/h4-15,18,25H,1-3H3,(H,24,26). The van der Waals surface area contributed by atoms with E-state index in [1.807, 2.05) is 45.0 Å². The molecule has 0 fully saturated rings. The summed E-state index contributed by atoms with van der Waals surface area (Å²) in [6.07, 6.45) is 0. The predicted octanol–water partition coefficient (Wildman–Crippen LogP) is 4.60. The maximum atomic E-state index is 12.5. The van der Waals surface area contributed by atoms with E-state index in [4.69, 9.17) is 0 Å².